The van der Waals surface area contributed by atoms with Gasteiger partial charge in [-0.15, -0.1) is 0 Å². The fourth-order valence-corrected chi connectivity index (χ4v) is 2.30. The Morgan fingerprint density at radius 2 is 2.10 bits per heavy atom. The van der Waals surface area contributed by atoms with E-state index in [9.17, 15) is 9.90 Å². The molecule has 0 aliphatic heterocycles. The smallest absolute Gasteiger partial charge is 0.310 e. The first kappa shape index (κ1) is 15.2. The maximum atomic E-state index is 11.5. The Morgan fingerprint density at radius 3 is 2.67 bits per heavy atom. The van der Waals surface area contributed by atoms with Crippen molar-refractivity contribution in [2.45, 2.75) is 40.0 Å². The number of aliphatic carboxylic acids is 1. The second-order valence-corrected chi connectivity index (χ2v) is 5.17. The molecule has 0 atom stereocenters. The third-order valence-electron chi connectivity index (χ3n) is 4.04. The van der Waals surface area contributed by atoms with E-state index in [2.05, 4.69) is 15.1 Å². The van der Waals surface area contributed by atoms with Crippen LogP contribution in [0.5, 0.6) is 0 Å². The molecular weight excluding hydrogens is 270 g/mol. The van der Waals surface area contributed by atoms with Gasteiger partial charge in [-0.05, 0) is 31.4 Å². The van der Waals surface area contributed by atoms with Gasteiger partial charge in [-0.3, -0.25) is 9.78 Å². The van der Waals surface area contributed by atoms with E-state index >= 15 is 0 Å². The lowest BCUT2D eigenvalue weighted by molar-refractivity contribution is -0.149. The lowest BCUT2D eigenvalue weighted by Gasteiger charge is -2.24. The maximum absolute atomic E-state index is 11.5. The van der Waals surface area contributed by atoms with E-state index in [-0.39, 0.29) is 6.42 Å². The van der Waals surface area contributed by atoms with Crippen LogP contribution in [0.25, 0.3) is 11.4 Å². The molecule has 2 aromatic rings. The van der Waals surface area contributed by atoms with Crippen LogP contribution in [0.3, 0.4) is 0 Å². The lowest BCUT2D eigenvalue weighted by Crippen LogP contribution is -2.32. The van der Waals surface area contributed by atoms with Gasteiger partial charge in [0.1, 0.15) is 0 Å². The molecule has 2 rings (SSSR count). The van der Waals surface area contributed by atoms with Crippen LogP contribution in [0.15, 0.2) is 23.0 Å². The summed E-state index contributed by atoms with van der Waals surface area (Å²) < 4.78 is 5.23. The summed E-state index contributed by atoms with van der Waals surface area (Å²) in [7, 11) is 0. The molecular formula is C15H19N3O3. The van der Waals surface area contributed by atoms with Gasteiger partial charge in [0.25, 0.3) is 0 Å². The highest BCUT2D eigenvalue weighted by Gasteiger charge is 2.37. The van der Waals surface area contributed by atoms with E-state index in [0.29, 0.717) is 24.6 Å². The van der Waals surface area contributed by atoms with Gasteiger partial charge in [0.15, 0.2) is 0 Å². The van der Waals surface area contributed by atoms with Crippen molar-refractivity contribution < 1.29 is 14.4 Å². The molecule has 0 amide bonds. The molecule has 6 heteroatoms. The van der Waals surface area contributed by atoms with Crippen LogP contribution < -0.4 is 0 Å². The first-order valence-electron chi connectivity index (χ1n) is 6.99. The average Bonchev–Trinajstić information content (AvgIpc) is 2.93. The molecule has 112 valence electrons. The summed E-state index contributed by atoms with van der Waals surface area (Å²) in [5.74, 6) is -0.0359. The Labute approximate surface area is 123 Å². The highest BCUT2D eigenvalue weighted by Crippen LogP contribution is 2.31. The summed E-state index contributed by atoms with van der Waals surface area (Å²) in [4.78, 5) is 19.9. The van der Waals surface area contributed by atoms with Crippen molar-refractivity contribution in [3.8, 4) is 11.4 Å². The van der Waals surface area contributed by atoms with Crippen LogP contribution >= 0.6 is 0 Å². The zero-order valence-corrected chi connectivity index (χ0v) is 12.5. The fourth-order valence-electron chi connectivity index (χ4n) is 2.30. The number of nitrogens with zero attached hydrogens (tertiary/aromatic N) is 3. The van der Waals surface area contributed by atoms with Crippen LogP contribution in [-0.2, 0) is 11.2 Å². The summed E-state index contributed by atoms with van der Waals surface area (Å²) in [6.45, 7) is 5.66. The SMILES string of the molecule is CCC(CC)(Cc1nc(-c2cnccc2C)no1)C(=O)O. The highest BCUT2D eigenvalue weighted by molar-refractivity contribution is 5.74. The molecule has 0 spiro atoms. The number of pyridine rings is 1. The van der Waals surface area contributed by atoms with Crippen molar-refractivity contribution in [3.05, 3.63) is 29.9 Å². The van der Waals surface area contributed by atoms with E-state index in [1.165, 1.54) is 0 Å². The Bertz CT molecular complexity index is 633. The second kappa shape index (κ2) is 6.03. The molecule has 0 saturated heterocycles. The summed E-state index contributed by atoms with van der Waals surface area (Å²) in [6, 6.07) is 1.87. The van der Waals surface area contributed by atoms with E-state index in [1.807, 2.05) is 26.8 Å². The van der Waals surface area contributed by atoms with E-state index in [4.69, 9.17) is 4.52 Å². The molecule has 0 fully saturated rings. The Kier molecular flexibility index (Phi) is 4.35. The Balaban J connectivity index is 2.28. The second-order valence-electron chi connectivity index (χ2n) is 5.17. The van der Waals surface area contributed by atoms with E-state index < -0.39 is 11.4 Å². The predicted molar refractivity (Wildman–Crippen MR) is 76.6 cm³/mol. The minimum atomic E-state index is -0.853. The van der Waals surface area contributed by atoms with Gasteiger partial charge in [-0.1, -0.05) is 19.0 Å². The molecule has 0 aromatic carbocycles. The Morgan fingerprint density at radius 1 is 1.38 bits per heavy atom. The largest absolute Gasteiger partial charge is 0.481 e. The van der Waals surface area contributed by atoms with Crippen molar-refractivity contribution in [2.75, 3.05) is 0 Å². The first-order valence-corrected chi connectivity index (χ1v) is 6.99. The predicted octanol–water partition coefficient (Wildman–Crippen LogP) is 2.87. The van der Waals surface area contributed by atoms with E-state index in [1.54, 1.807) is 12.4 Å². The van der Waals surface area contributed by atoms with Gasteiger partial charge in [-0.2, -0.15) is 4.98 Å². The summed E-state index contributed by atoms with van der Waals surface area (Å²) >= 11 is 0. The summed E-state index contributed by atoms with van der Waals surface area (Å²) in [5, 5.41) is 13.4. The van der Waals surface area contributed by atoms with Gasteiger partial charge in [-0.25, -0.2) is 0 Å². The normalized spacial score (nSPS) is 11.6. The number of rotatable bonds is 6. The van der Waals surface area contributed by atoms with Crippen LogP contribution in [-0.4, -0.2) is 26.2 Å². The van der Waals surface area contributed by atoms with Gasteiger partial charge in [0, 0.05) is 24.4 Å². The number of carbonyl (C=O) groups is 1. The molecule has 0 saturated carbocycles. The standard InChI is InChI=1S/C15H19N3O3/c1-4-15(5-2,14(19)20)8-12-17-13(18-21-12)11-9-16-7-6-10(11)3/h6-7,9H,4-5,8H2,1-3H3,(H,19,20). The Hall–Kier alpha value is -2.24. The summed E-state index contributed by atoms with van der Waals surface area (Å²) in [5.41, 5.74) is 0.933. The van der Waals surface area contributed by atoms with Crippen molar-refractivity contribution >= 4 is 5.97 Å². The third kappa shape index (κ3) is 2.94. The van der Waals surface area contributed by atoms with Gasteiger partial charge >= 0.3 is 5.97 Å². The number of carboxylic acid groups (broad SMARTS) is 1. The van der Waals surface area contributed by atoms with Gasteiger partial charge < -0.3 is 9.63 Å². The molecule has 0 bridgehead atoms. The molecule has 0 radical (unpaired) electrons. The molecule has 0 aliphatic rings. The van der Waals surface area contributed by atoms with Crippen molar-refractivity contribution in [1.82, 2.24) is 15.1 Å². The topological polar surface area (TPSA) is 89.1 Å². The average molecular weight is 289 g/mol. The van der Waals surface area contributed by atoms with Crippen molar-refractivity contribution in [1.29, 1.82) is 0 Å². The molecule has 2 heterocycles. The zero-order chi connectivity index (χ0) is 15.5. The third-order valence-corrected chi connectivity index (χ3v) is 4.04. The van der Waals surface area contributed by atoms with Crippen LogP contribution in [0.2, 0.25) is 0 Å². The molecule has 0 unspecified atom stereocenters. The molecule has 1 N–H and O–H groups in total. The molecule has 0 aliphatic carbocycles. The summed E-state index contributed by atoms with van der Waals surface area (Å²) in [6.07, 6.45) is 4.64. The zero-order valence-electron chi connectivity index (χ0n) is 12.5. The van der Waals surface area contributed by atoms with Crippen LogP contribution in [0.4, 0.5) is 0 Å². The number of hydrogen-bond acceptors (Lipinski definition) is 5. The maximum Gasteiger partial charge on any atom is 0.310 e. The molecule has 2 aromatic heterocycles. The molecule has 21 heavy (non-hydrogen) atoms. The fraction of sp³-hybridized carbons (Fsp3) is 0.467. The van der Waals surface area contributed by atoms with Gasteiger partial charge in [0.05, 0.1) is 5.41 Å². The lowest BCUT2D eigenvalue weighted by atomic mass is 9.79. The quantitative estimate of drug-likeness (QED) is 0.879. The number of aryl methyl sites for hydroxylation is 1. The number of carboxylic acids is 1. The van der Waals surface area contributed by atoms with Crippen LogP contribution in [0.1, 0.15) is 38.1 Å². The highest BCUT2D eigenvalue weighted by atomic mass is 16.5. The van der Waals surface area contributed by atoms with Crippen LogP contribution in [0, 0.1) is 12.3 Å². The monoisotopic (exact) mass is 289 g/mol. The minimum absolute atomic E-state index is 0.238. The van der Waals surface area contributed by atoms with Crippen molar-refractivity contribution in [2.24, 2.45) is 5.41 Å². The molecule has 6 nitrogen and oxygen atoms in total. The van der Waals surface area contributed by atoms with E-state index in [0.717, 1.165) is 11.1 Å². The van der Waals surface area contributed by atoms with Gasteiger partial charge in [0.2, 0.25) is 11.7 Å². The number of aromatic nitrogens is 3. The first-order chi connectivity index (χ1) is 10.0. The minimum Gasteiger partial charge on any atom is -0.481 e. The van der Waals surface area contributed by atoms with Crippen molar-refractivity contribution in [3.63, 3.8) is 0 Å². The number of hydrogen-bond donors (Lipinski definition) is 1.